The van der Waals surface area contributed by atoms with Crippen molar-refractivity contribution in [3.63, 3.8) is 0 Å². The highest BCUT2D eigenvalue weighted by Crippen LogP contribution is 2.64. The van der Waals surface area contributed by atoms with E-state index in [2.05, 4.69) is 80.8 Å². The fourth-order valence-electron chi connectivity index (χ4n) is 4.81. The Labute approximate surface area is 137 Å². The monoisotopic (exact) mass is 300 g/mol. The predicted octanol–water partition coefficient (Wildman–Crippen LogP) is 4.80. The summed E-state index contributed by atoms with van der Waals surface area (Å²) in [6, 6.07) is 18.4. The van der Waals surface area contributed by atoms with Gasteiger partial charge in [0.1, 0.15) is 0 Å². The molecule has 2 atom stereocenters. The highest BCUT2D eigenvalue weighted by atomic mass is 15.2. The third-order valence-corrected chi connectivity index (χ3v) is 6.39. The Morgan fingerprint density at radius 1 is 0.870 bits per heavy atom. The normalized spacial score (nSPS) is 27.3. The molecular weight excluding hydrogens is 278 g/mol. The van der Waals surface area contributed by atoms with Crippen LogP contribution in [-0.4, -0.2) is 0 Å². The lowest BCUT2D eigenvalue weighted by Gasteiger charge is -2.26. The molecule has 0 spiro atoms. The molecule has 2 aromatic carbocycles. The quantitative estimate of drug-likeness (QED) is 0.525. The van der Waals surface area contributed by atoms with Gasteiger partial charge < -0.3 is 0 Å². The van der Waals surface area contributed by atoms with Crippen molar-refractivity contribution < 1.29 is 4.57 Å². The van der Waals surface area contributed by atoms with Crippen LogP contribution in [0.5, 0.6) is 0 Å². The summed E-state index contributed by atoms with van der Waals surface area (Å²) in [5, 5.41) is 1.34. The second-order valence-corrected chi connectivity index (χ2v) is 7.95. The topological polar surface area (TPSA) is 3.88 Å². The number of rotatable bonds is 0. The summed E-state index contributed by atoms with van der Waals surface area (Å²) in [4.78, 5) is 0. The van der Waals surface area contributed by atoms with E-state index in [1.54, 1.807) is 0 Å². The van der Waals surface area contributed by atoms with Crippen LogP contribution in [0.3, 0.4) is 0 Å². The highest BCUT2D eigenvalue weighted by Gasteiger charge is 2.73. The standard InChI is InChI=1S/C22H22N/c1-14-6-9-18-17(11-14)19-10-8-16-7-5-15(2)12-20(16)23(19)22(4)13-21(18,22)3/h5-12H,13H2,1-4H3/q+1. The third-order valence-electron chi connectivity index (χ3n) is 6.39. The van der Waals surface area contributed by atoms with Gasteiger partial charge in [0.2, 0.25) is 11.2 Å². The molecule has 1 nitrogen and oxygen atoms in total. The molecule has 0 N–H and O–H groups in total. The molecule has 2 heterocycles. The van der Waals surface area contributed by atoms with Crippen molar-refractivity contribution in [3.8, 4) is 11.3 Å². The van der Waals surface area contributed by atoms with E-state index < -0.39 is 0 Å². The SMILES string of the molecule is Cc1ccc2c(c1)-c1ccc3ccc(C)cc3[n+]1C1(C)CC21C. The second kappa shape index (κ2) is 3.84. The zero-order valence-electron chi connectivity index (χ0n) is 14.3. The summed E-state index contributed by atoms with van der Waals surface area (Å²) in [5.41, 5.74) is 8.82. The van der Waals surface area contributed by atoms with Crippen LogP contribution >= 0.6 is 0 Å². The van der Waals surface area contributed by atoms with Gasteiger partial charge in [0, 0.05) is 30.9 Å². The minimum Gasteiger partial charge on any atom is -0.185 e. The van der Waals surface area contributed by atoms with Crippen LogP contribution < -0.4 is 4.57 Å². The Hall–Kier alpha value is -2.15. The Kier molecular flexibility index (Phi) is 2.22. The van der Waals surface area contributed by atoms with Crippen LogP contribution in [-0.2, 0) is 11.0 Å². The van der Waals surface area contributed by atoms with Gasteiger partial charge >= 0.3 is 0 Å². The van der Waals surface area contributed by atoms with Crippen molar-refractivity contribution in [2.45, 2.75) is 45.1 Å². The number of hydrogen-bond donors (Lipinski definition) is 0. The zero-order chi connectivity index (χ0) is 16.0. The highest BCUT2D eigenvalue weighted by molar-refractivity contribution is 5.80. The van der Waals surface area contributed by atoms with E-state index in [1.165, 1.54) is 45.3 Å². The van der Waals surface area contributed by atoms with Crippen molar-refractivity contribution in [2.24, 2.45) is 0 Å². The molecule has 3 aromatic rings. The van der Waals surface area contributed by atoms with Gasteiger partial charge in [-0.1, -0.05) is 23.8 Å². The molecule has 1 aromatic heterocycles. The molecular formula is C22H22N+. The van der Waals surface area contributed by atoms with Gasteiger partial charge in [-0.2, -0.15) is 4.57 Å². The smallest absolute Gasteiger partial charge is 0.185 e. The second-order valence-electron chi connectivity index (χ2n) is 7.95. The van der Waals surface area contributed by atoms with Gasteiger partial charge in [-0.05, 0) is 50.1 Å². The molecule has 0 saturated heterocycles. The number of fused-ring (bicyclic) bond motifs is 8. The molecule has 1 heteroatoms. The van der Waals surface area contributed by atoms with Crippen molar-refractivity contribution in [2.75, 3.05) is 0 Å². The summed E-state index contributed by atoms with van der Waals surface area (Å²) in [6.45, 7) is 9.25. The minimum atomic E-state index is 0.192. The van der Waals surface area contributed by atoms with Gasteiger partial charge in [-0.3, -0.25) is 0 Å². The van der Waals surface area contributed by atoms with Crippen LogP contribution in [0.1, 0.15) is 37.0 Å². The molecule has 2 aliphatic rings. The molecule has 1 fully saturated rings. The van der Waals surface area contributed by atoms with Gasteiger partial charge in [0.15, 0.2) is 5.54 Å². The maximum absolute atomic E-state index is 2.62. The van der Waals surface area contributed by atoms with Gasteiger partial charge in [0.05, 0.1) is 11.0 Å². The summed E-state index contributed by atoms with van der Waals surface area (Å²) in [6.07, 6.45) is 1.22. The Balaban J connectivity index is 1.97. The molecule has 2 unspecified atom stereocenters. The van der Waals surface area contributed by atoms with Crippen molar-refractivity contribution in [1.82, 2.24) is 0 Å². The van der Waals surface area contributed by atoms with E-state index in [9.17, 15) is 0 Å². The first-order valence-electron chi connectivity index (χ1n) is 8.51. The van der Waals surface area contributed by atoms with Crippen LogP contribution in [0.2, 0.25) is 0 Å². The number of nitrogens with zero attached hydrogens (tertiary/aromatic N) is 1. The van der Waals surface area contributed by atoms with E-state index in [0.717, 1.165) is 0 Å². The Morgan fingerprint density at radius 3 is 2.39 bits per heavy atom. The first-order chi connectivity index (χ1) is 10.9. The summed E-state index contributed by atoms with van der Waals surface area (Å²) >= 11 is 0. The molecule has 23 heavy (non-hydrogen) atoms. The molecule has 0 radical (unpaired) electrons. The fourth-order valence-corrected chi connectivity index (χ4v) is 4.81. The van der Waals surface area contributed by atoms with E-state index in [-0.39, 0.29) is 11.0 Å². The fraction of sp³-hybridized carbons (Fsp3) is 0.318. The molecule has 0 amide bonds. The maximum Gasteiger partial charge on any atom is 0.213 e. The molecule has 1 saturated carbocycles. The number of benzene rings is 2. The Morgan fingerprint density at radius 2 is 1.57 bits per heavy atom. The molecule has 5 rings (SSSR count). The van der Waals surface area contributed by atoms with Crippen LogP contribution in [0.4, 0.5) is 0 Å². The lowest BCUT2D eigenvalue weighted by Crippen LogP contribution is -2.53. The zero-order valence-corrected chi connectivity index (χ0v) is 14.3. The number of aromatic nitrogens is 1. The molecule has 0 bridgehead atoms. The van der Waals surface area contributed by atoms with E-state index in [1.807, 2.05) is 0 Å². The van der Waals surface area contributed by atoms with Crippen molar-refractivity contribution >= 4 is 10.9 Å². The summed E-state index contributed by atoms with van der Waals surface area (Å²) in [5.74, 6) is 0. The van der Waals surface area contributed by atoms with E-state index in [0.29, 0.717) is 0 Å². The van der Waals surface area contributed by atoms with Crippen LogP contribution in [0.25, 0.3) is 22.2 Å². The molecule has 114 valence electrons. The number of aryl methyl sites for hydroxylation is 2. The van der Waals surface area contributed by atoms with Crippen LogP contribution in [0.15, 0.2) is 48.5 Å². The predicted molar refractivity (Wildman–Crippen MR) is 94.7 cm³/mol. The van der Waals surface area contributed by atoms with E-state index >= 15 is 0 Å². The van der Waals surface area contributed by atoms with Gasteiger partial charge in [-0.25, -0.2) is 0 Å². The van der Waals surface area contributed by atoms with Gasteiger partial charge in [0.25, 0.3) is 0 Å². The van der Waals surface area contributed by atoms with Crippen molar-refractivity contribution in [1.29, 1.82) is 0 Å². The summed E-state index contributed by atoms with van der Waals surface area (Å²) < 4.78 is 2.62. The van der Waals surface area contributed by atoms with E-state index in [4.69, 9.17) is 0 Å². The number of pyridine rings is 1. The maximum atomic E-state index is 2.62. The molecule has 1 aliphatic heterocycles. The minimum absolute atomic E-state index is 0.192. The molecule has 1 aliphatic carbocycles. The summed E-state index contributed by atoms with van der Waals surface area (Å²) in [7, 11) is 0. The lowest BCUT2D eigenvalue weighted by atomic mass is 9.83. The van der Waals surface area contributed by atoms with Crippen LogP contribution in [0, 0.1) is 13.8 Å². The average Bonchev–Trinajstić information content (AvgIpc) is 3.10. The van der Waals surface area contributed by atoms with Gasteiger partial charge in [-0.15, -0.1) is 0 Å². The first-order valence-corrected chi connectivity index (χ1v) is 8.51. The van der Waals surface area contributed by atoms with Crippen molar-refractivity contribution in [3.05, 3.63) is 65.2 Å². The lowest BCUT2D eigenvalue weighted by molar-refractivity contribution is -0.707. The largest absolute Gasteiger partial charge is 0.213 e. The third kappa shape index (κ3) is 1.46. The Bertz CT molecular complexity index is 1000. The average molecular weight is 300 g/mol. The number of hydrogen-bond acceptors (Lipinski definition) is 0. The first kappa shape index (κ1) is 13.3.